The molecule has 0 aliphatic heterocycles. The zero-order valence-corrected chi connectivity index (χ0v) is 10.5. The Morgan fingerprint density at radius 1 is 1.41 bits per heavy atom. The number of hydrogen-bond donors (Lipinski definition) is 1. The molecule has 4 nitrogen and oxygen atoms in total. The second-order valence-electron chi connectivity index (χ2n) is 4.79. The number of nitrogens with two attached hydrogens (primary N) is 1. The van der Waals surface area contributed by atoms with Gasteiger partial charge < -0.3 is 15.2 Å². The molecule has 1 aromatic rings. The van der Waals surface area contributed by atoms with Gasteiger partial charge in [0.1, 0.15) is 0 Å². The van der Waals surface area contributed by atoms with E-state index in [0.717, 1.165) is 18.9 Å². The van der Waals surface area contributed by atoms with Crippen LogP contribution in [0.1, 0.15) is 33.1 Å². The van der Waals surface area contributed by atoms with E-state index in [1.807, 2.05) is 13.8 Å². The largest absolute Gasteiger partial charge is 0.478 e. The molecule has 1 aliphatic rings. The van der Waals surface area contributed by atoms with Gasteiger partial charge >= 0.3 is 0 Å². The molecule has 17 heavy (non-hydrogen) atoms. The molecule has 0 saturated heterocycles. The average molecular weight is 236 g/mol. The van der Waals surface area contributed by atoms with E-state index < -0.39 is 0 Å². The Labute approximate surface area is 102 Å². The first kappa shape index (κ1) is 12.0. The summed E-state index contributed by atoms with van der Waals surface area (Å²) in [5, 5.41) is 0. The van der Waals surface area contributed by atoms with Gasteiger partial charge in [-0.2, -0.15) is 4.98 Å². The van der Waals surface area contributed by atoms with Crippen LogP contribution >= 0.6 is 0 Å². The van der Waals surface area contributed by atoms with Crippen LogP contribution < -0.4 is 15.2 Å². The lowest BCUT2D eigenvalue weighted by molar-refractivity contribution is 0.227. The first-order chi connectivity index (χ1) is 8.15. The minimum absolute atomic E-state index is 0.0616. The van der Waals surface area contributed by atoms with Crippen LogP contribution in [0.15, 0.2) is 12.1 Å². The maximum Gasteiger partial charge on any atom is 0.240 e. The smallest absolute Gasteiger partial charge is 0.240 e. The predicted octanol–water partition coefficient (Wildman–Crippen LogP) is 2.63. The van der Waals surface area contributed by atoms with Crippen LogP contribution in [0.4, 0.5) is 5.69 Å². The fourth-order valence-electron chi connectivity index (χ4n) is 1.57. The lowest BCUT2D eigenvalue weighted by atomic mass is 10.3. The number of anilines is 1. The average Bonchev–Trinajstić information content (AvgIpc) is 3.06. The van der Waals surface area contributed by atoms with Gasteiger partial charge in [0, 0.05) is 6.07 Å². The van der Waals surface area contributed by atoms with Gasteiger partial charge in [0.05, 0.1) is 18.4 Å². The Balaban J connectivity index is 1.91. The summed E-state index contributed by atoms with van der Waals surface area (Å²) in [6.07, 6.45) is 3.87. The lowest BCUT2D eigenvalue weighted by Gasteiger charge is -2.12. The second kappa shape index (κ2) is 5.25. The second-order valence-corrected chi connectivity index (χ2v) is 4.79. The number of rotatable bonds is 6. The van der Waals surface area contributed by atoms with Gasteiger partial charge in [0.15, 0.2) is 0 Å². The summed E-state index contributed by atoms with van der Waals surface area (Å²) in [6, 6.07) is 3.56. The highest BCUT2D eigenvalue weighted by Crippen LogP contribution is 2.32. The molecule has 0 unspecified atom stereocenters. The maximum atomic E-state index is 5.78. The van der Waals surface area contributed by atoms with Crippen molar-refractivity contribution in [2.75, 3.05) is 12.3 Å². The number of aromatic nitrogens is 1. The van der Waals surface area contributed by atoms with Crippen molar-refractivity contribution in [3.8, 4) is 11.8 Å². The maximum absolute atomic E-state index is 5.78. The SMILES string of the molecule is CC(C)Oc1nc(OCCC2CC2)ccc1N. The summed E-state index contributed by atoms with van der Waals surface area (Å²) < 4.78 is 11.1. The van der Waals surface area contributed by atoms with Crippen molar-refractivity contribution in [1.82, 2.24) is 4.98 Å². The molecule has 1 heterocycles. The molecule has 0 bridgehead atoms. The fraction of sp³-hybridized carbons (Fsp3) is 0.615. The molecule has 0 atom stereocenters. The van der Waals surface area contributed by atoms with Crippen LogP contribution in [0.2, 0.25) is 0 Å². The minimum atomic E-state index is 0.0616. The van der Waals surface area contributed by atoms with Gasteiger partial charge in [-0.1, -0.05) is 12.8 Å². The standard InChI is InChI=1S/C13H20N2O2/c1-9(2)17-13-11(14)5-6-12(15-13)16-8-7-10-3-4-10/h5-6,9-10H,3-4,7-8,14H2,1-2H3. The van der Waals surface area contributed by atoms with Gasteiger partial charge in [0.25, 0.3) is 0 Å². The molecule has 0 aromatic carbocycles. The van der Waals surface area contributed by atoms with Crippen molar-refractivity contribution >= 4 is 5.69 Å². The third-order valence-corrected chi connectivity index (χ3v) is 2.68. The molecule has 1 aromatic heterocycles. The van der Waals surface area contributed by atoms with E-state index in [4.69, 9.17) is 15.2 Å². The summed E-state index contributed by atoms with van der Waals surface area (Å²) in [7, 11) is 0. The molecular formula is C13H20N2O2. The first-order valence-corrected chi connectivity index (χ1v) is 6.21. The van der Waals surface area contributed by atoms with Gasteiger partial charge in [-0.15, -0.1) is 0 Å². The summed E-state index contributed by atoms with van der Waals surface area (Å²) >= 11 is 0. The third-order valence-electron chi connectivity index (χ3n) is 2.68. The van der Waals surface area contributed by atoms with Crippen molar-refractivity contribution in [1.29, 1.82) is 0 Å². The monoisotopic (exact) mass is 236 g/mol. The van der Waals surface area contributed by atoms with E-state index in [9.17, 15) is 0 Å². The number of hydrogen-bond acceptors (Lipinski definition) is 4. The molecule has 4 heteroatoms. The zero-order chi connectivity index (χ0) is 12.3. The molecule has 0 spiro atoms. The summed E-state index contributed by atoms with van der Waals surface area (Å²) in [6.45, 7) is 4.62. The van der Waals surface area contributed by atoms with Crippen LogP contribution in [0, 0.1) is 5.92 Å². The molecule has 1 aliphatic carbocycles. The molecule has 0 radical (unpaired) electrons. The molecule has 1 saturated carbocycles. The van der Waals surface area contributed by atoms with Crippen molar-refractivity contribution in [3.63, 3.8) is 0 Å². The van der Waals surface area contributed by atoms with Crippen molar-refractivity contribution < 1.29 is 9.47 Å². The van der Waals surface area contributed by atoms with Crippen LogP contribution in [0.25, 0.3) is 0 Å². The van der Waals surface area contributed by atoms with E-state index in [-0.39, 0.29) is 6.10 Å². The number of nitrogen functional groups attached to an aromatic ring is 1. The fourth-order valence-corrected chi connectivity index (χ4v) is 1.57. The van der Waals surface area contributed by atoms with Crippen LogP contribution in [0.5, 0.6) is 11.8 Å². The molecule has 2 rings (SSSR count). The van der Waals surface area contributed by atoms with Gasteiger partial charge in [-0.25, -0.2) is 0 Å². The molecule has 1 fully saturated rings. The molecule has 2 N–H and O–H groups in total. The normalized spacial score (nSPS) is 15.0. The number of ether oxygens (including phenoxy) is 2. The van der Waals surface area contributed by atoms with Crippen LogP contribution in [-0.2, 0) is 0 Å². The van der Waals surface area contributed by atoms with E-state index in [2.05, 4.69) is 4.98 Å². The topological polar surface area (TPSA) is 57.4 Å². The van der Waals surface area contributed by atoms with Crippen molar-refractivity contribution in [3.05, 3.63) is 12.1 Å². The van der Waals surface area contributed by atoms with Gasteiger partial charge in [0.2, 0.25) is 11.8 Å². The number of nitrogens with zero attached hydrogens (tertiary/aromatic N) is 1. The van der Waals surface area contributed by atoms with Crippen LogP contribution in [-0.4, -0.2) is 17.7 Å². The molecule has 94 valence electrons. The van der Waals surface area contributed by atoms with E-state index in [1.54, 1.807) is 12.1 Å². The quantitative estimate of drug-likeness (QED) is 0.825. The summed E-state index contributed by atoms with van der Waals surface area (Å²) in [4.78, 5) is 4.26. The van der Waals surface area contributed by atoms with E-state index >= 15 is 0 Å². The lowest BCUT2D eigenvalue weighted by Crippen LogP contribution is -2.10. The van der Waals surface area contributed by atoms with Gasteiger partial charge in [-0.05, 0) is 32.3 Å². The Hall–Kier alpha value is -1.45. The van der Waals surface area contributed by atoms with E-state index in [1.165, 1.54) is 12.8 Å². The highest BCUT2D eigenvalue weighted by Gasteiger charge is 2.20. The third kappa shape index (κ3) is 3.80. The highest BCUT2D eigenvalue weighted by molar-refractivity contribution is 5.49. The first-order valence-electron chi connectivity index (χ1n) is 6.21. The van der Waals surface area contributed by atoms with Crippen molar-refractivity contribution in [2.45, 2.75) is 39.2 Å². The summed E-state index contributed by atoms with van der Waals surface area (Å²) in [5.74, 6) is 1.93. The Kier molecular flexibility index (Phi) is 3.71. The number of pyridine rings is 1. The van der Waals surface area contributed by atoms with Gasteiger partial charge in [-0.3, -0.25) is 0 Å². The van der Waals surface area contributed by atoms with E-state index in [0.29, 0.717) is 17.4 Å². The highest BCUT2D eigenvalue weighted by atomic mass is 16.5. The van der Waals surface area contributed by atoms with Crippen LogP contribution in [0.3, 0.4) is 0 Å². The van der Waals surface area contributed by atoms with Crippen molar-refractivity contribution in [2.24, 2.45) is 5.92 Å². The Bertz CT molecular complexity index is 376. The molecular weight excluding hydrogens is 216 g/mol. The minimum Gasteiger partial charge on any atom is -0.478 e. The Morgan fingerprint density at radius 2 is 2.18 bits per heavy atom. The predicted molar refractivity (Wildman–Crippen MR) is 67.2 cm³/mol. The summed E-state index contributed by atoms with van der Waals surface area (Å²) in [5.41, 5.74) is 6.33. The molecule has 0 amide bonds. The zero-order valence-electron chi connectivity index (χ0n) is 10.5. The Morgan fingerprint density at radius 3 is 2.82 bits per heavy atom.